The number of nitro benzene ring substituents is 1. The summed E-state index contributed by atoms with van der Waals surface area (Å²) in [6, 6.07) is 8.14. The van der Waals surface area contributed by atoms with E-state index in [0.29, 0.717) is 17.1 Å². The summed E-state index contributed by atoms with van der Waals surface area (Å²) in [6.07, 6.45) is 0. The fraction of sp³-hybridized carbons (Fsp3) is 0. The number of anilines is 2. The maximum absolute atomic E-state index is 10.6. The Hall–Kier alpha value is -1.29. The Morgan fingerprint density at radius 3 is 1.96 bits per heavy atom. The Labute approximate surface area is 198 Å². The van der Waals surface area contributed by atoms with E-state index in [1.54, 1.807) is 12.1 Å². The topological polar surface area (TPSA) is 220 Å². The average Bonchev–Trinajstić information content (AvgIpc) is 2.46. The van der Waals surface area contributed by atoms with E-state index in [1.807, 2.05) is 0 Å². The third-order valence-corrected chi connectivity index (χ3v) is 2.49. The zero-order valence-electron chi connectivity index (χ0n) is 14.3. The van der Waals surface area contributed by atoms with Crippen molar-refractivity contribution in [1.29, 1.82) is 0 Å². The number of nitro groups is 1. The smallest absolute Gasteiger partial charge is 0.759 e. The van der Waals surface area contributed by atoms with Crippen molar-refractivity contribution in [3.63, 3.8) is 0 Å². The number of aromatic hydroxyl groups is 1. The number of hydrogen-bond acceptors (Lipinski definition) is 11. The molecule has 0 aliphatic heterocycles. The molecule has 0 saturated carbocycles. The van der Waals surface area contributed by atoms with E-state index in [1.165, 1.54) is 18.2 Å². The number of non-ortho nitro benzene ring substituents is 1. The second-order valence-corrected chi connectivity index (χ2v) is 5.17. The Balaban J connectivity index is 0. The van der Waals surface area contributed by atoms with Gasteiger partial charge in [-0.15, -0.1) is 10.2 Å². The molecular formula is C12H11N5Na2O7S. The molecule has 0 fully saturated rings. The second-order valence-electron chi connectivity index (χ2n) is 4.36. The van der Waals surface area contributed by atoms with Crippen molar-refractivity contribution >= 4 is 38.8 Å². The molecular weight excluding hydrogens is 404 g/mol. The van der Waals surface area contributed by atoms with Crippen molar-refractivity contribution in [2.45, 2.75) is 0 Å². The molecule has 0 aliphatic carbocycles. The molecule has 2 aromatic rings. The van der Waals surface area contributed by atoms with Gasteiger partial charge in [-0.2, -0.15) is 0 Å². The van der Waals surface area contributed by atoms with Crippen molar-refractivity contribution in [2.24, 2.45) is 10.2 Å². The molecule has 0 radical (unpaired) electrons. The van der Waals surface area contributed by atoms with Gasteiger partial charge < -0.3 is 25.7 Å². The Bertz CT molecular complexity index is 916. The number of nitrogens with zero attached hydrogens (tertiary/aromatic N) is 3. The van der Waals surface area contributed by atoms with Crippen LogP contribution in [-0.2, 0) is 10.4 Å². The van der Waals surface area contributed by atoms with Crippen LogP contribution in [-0.4, -0.2) is 27.6 Å². The normalized spacial score (nSPS) is 10.1. The summed E-state index contributed by atoms with van der Waals surface area (Å²) < 4.78 is 34.1. The van der Waals surface area contributed by atoms with Crippen LogP contribution in [0.4, 0.5) is 28.4 Å². The van der Waals surface area contributed by atoms with Gasteiger partial charge >= 0.3 is 59.1 Å². The van der Waals surface area contributed by atoms with Crippen LogP contribution in [0.3, 0.4) is 0 Å². The van der Waals surface area contributed by atoms with Gasteiger partial charge in [0.1, 0.15) is 17.1 Å². The van der Waals surface area contributed by atoms with Crippen LogP contribution in [0.2, 0.25) is 0 Å². The molecule has 0 atom stereocenters. The van der Waals surface area contributed by atoms with Crippen LogP contribution in [0.5, 0.6) is 5.75 Å². The largest absolute Gasteiger partial charge is 1.00 e. The average molecular weight is 415 g/mol. The SMILES string of the molecule is Nc1ccc(N=Nc2cc([N+](=O)[O-])ccc2O)c(N)c1.O=S(=O)([O-])[O-].[Na+].[Na+]. The van der Waals surface area contributed by atoms with Gasteiger partial charge in [-0.3, -0.25) is 18.5 Å². The van der Waals surface area contributed by atoms with Crippen LogP contribution < -0.4 is 70.6 Å². The number of nitrogen functional groups attached to an aromatic ring is 2. The molecule has 0 spiro atoms. The fourth-order valence-corrected chi connectivity index (χ4v) is 1.48. The van der Waals surface area contributed by atoms with Gasteiger partial charge in [-0.25, -0.2) is 0 Å². The van der Waals surface area contributed by atoms with Gasteiger partial charge in [0.25, 0.3) is 5.69 Å². The third-order valence-electron chi connectivity index (χ3n) is 2.49. The van der Waals surface area contributed by atoms with Crippen molar-refractivity contribution in [3.8, 4) is 5.75 Å². The first-order valence-electron chi connectivity index (χ1n) is 6.18. The number of phenols is 1. The van der Waals surface area contributed by atoms with Crippen LogP contribution in [0, 0.1) is 10.1 Å². The Kier molecular flexibility index (Phi) is 12.6. The minimum atomic E-state index is -5.17. The van der Waals surface area contributed by atoms with E-state index in [9.17, 15) is 15.2 Å². The first kappa shape index (κ1) is 27.9. The quantitative estimate of drug-likeness (QED) is 0.0835. The Morgan fingerprint density at radius 2 is 1.48 bits per heavy atom. The number of phenolic OH excluding ortho intramolecular Hbond substituents is 1. The van der Waals surface area contributed by atoms with E-state index >= 15 is 0 Å². The molecule has 0 amide bonds. The van der Waals surface area contributed by atoms with E-state index in [-0.39, 0.29) is 76.2 Å². The standard InChI is InChI=1S/C12H11N5O3.2Na.H2O4S/c13-7-1-3-10(9(14)5-7)15-16-11-6-8(17(19)20)2-4-12(11)18;;;1-5(2,3)4/h1-6,18H,13-14H2;;;(H2,1,2,3,4)/q;2*+1;/p-2. The van der Waals surface area contributed by atoms with Crippen molar-refractivity contribution in [2.75, 3.05) is 11.5 Å². The van der Waals surface area contributed by atoms with Gasteiger partial charge in [0.15, 0.2) is 0 Å². The Morgan fingerprint density at radius 1 is 0.963 bits per heavy atom. The maximum atomic E-state index is 10.6. The molecule has 27 heavy (non-hydrogen) atoms. The molecule has 0 aromatic heterocycles. The number of azo groups is 1. The van der Waals surface area contributed by atoms with Crippen LogP contribution in [0.15, 0.2) is 46.6 Å². The van der Waals surface area contributed by atoms with Gasteiger partial charge in [0, 0.05) is 28.2 Å². The van der Waals surface area contributed by atoms with E-state index in [4.69, 9.17) is 29.0 Å². The van der Waals surface area contributed by atoms with Crippen molar-refractivity contribution < 1.29 is 86.7 Å². The molecule has 0 bridgehead atoms. The summed E-state index contributed by atoms with van der Waals surface area (Å²) in [6.45, 7) is 0. The summed E-state index contributed by atoms with van der Waals surface area (Å²) >= 11 is 0. The summed E-state index contributed by atoms with van der Waals surface area (Å²) in [5.74, 6) is -0.214. The molecule has 0 aliphatic rings. The summed E-state index contributed by atoms with van der Waals surface area (Å²) in [7, 11) is -5.17. The van der Waals surface area contributed by atoms with Gasteiger partial charge in [0.2, 0.25) is 0 Å². The predicted molar refractivity (Wildman–Crippen MR) is 84.7 cm³/mol. The molecule has 2 rings (SSSR count). The first-order valence-corrected chi connectivity index (χ1v) is 7.51. The van der Waals surface area contributed by atoms with E-state index in [0.717, 1.165) is 6.07 Å². The monoisotopic (exact) mass is 415 g/mol. The summed E-state index contributed by atoms with van der Waals surface area (Å²) in [5, 5.41) is 27.8. The van der Waals surface area contributed by atoms with E-state index < -0.39 is 15.3 Å². The molecule has 5 N–H and O–H groups in total. The molecule has 2 aromatic carbocycles. The van der Waals surface area contributed by atoms with Gasteiger partial charge in [-0.05, 0) is 24.3 Å². The predicted octanol–water partition coefficient (Wildman–Crippen LogP) is -4.45. The zero-order valence-corrected chi connectivity index (χ0v) is 19.1. The zero-order chi connectivity index (χ0) is 19.2. The van der Waals surface area contributed by atoms with Crippen molar-refractivity contribution in [3.05, 3.63) is 46.5 Å². The molecule has 0 unspecified atom stereocenters. The van der Waals surface area contributed by atoms with Gasteiger partial charge in [-0.1, -0.05) is 0 Å². The maximum Gasteiger partial charge on any atom is 1.00 e. The molecule has 0 heterocycles. The van der Waals surface area contributed by atoms with Crippen LogP contribution in [0.25, 0.3) is 0 Å². The minimum Gasteiger partial charge on any atom is -0.759 e. The number of benzene rings is 2. The van der Waals surface area contributed by atoms with Crippen molar-refractivity contribution in [1.82, 2.24) is 0 Å². The fourth-order valence-electron chi connectivity index (χ4n) is 1.48. The van der Waals surface area contributed by atoms with Crippen LogP contribution in [0.1, 0.15) is 0 Å². The number of hydrogen-bond donors (Lipinski definition) is 3. The molecule has 15 heteroatoms. The third kappa shape index (κ3) is 11.2. The molecule has 0 saturated heterocycles. The van der Waals surface area contributed by atoms with Gasteiger partial charge in [0.05, 0.1) is 10.6 Å². The first-order chi connectivity index (χ1) is 11.5. The number of rotatable bonds is 3. The van der Waals surface area contributed by atoms with Crippen LogP contribution >= 0.6 is 0 Å². The summed E-state index contributed by atoms with van der Waals surface area (Å²) in [5.41, 5.74) is 12.2. The minimum absolute atomic E-state index is 0. The second kappa shape index (κ2) is 12.2. The molecule has 12 nitrogen and oxygen atoms in total. The molecule has 134 valence electrons. The summed E-state index contributed by atoms with van der Waals surface area (Å²) in [4.78, 5) is 10.1. The number of nitrogens with two attached hydrogens (primary N) is 2. The van der Waals surface area contributed by atoms with E-state index in [2.05, 4.69) is 10.2 Å².